The number of aromatic nitrogens is 3. The van der Waals surface area contributed by atoms with E-state index in [4.69, 9.17) is 21.0 Å². The van der Waals surface area contributed by atoms with Gasteiger partial charge in [-0.3, -0.25) is 9.78 Å². The first-order chi connectivity index (χ1) is 14.5. The lowest BCUT2D eigenvalue weighted by molar-refractivity contribution is -0.138. The van der Waals surface area contributed by atoms with Crippen molar-refractivity contribution in [2.75, 3.05) is 19.7 Å². The predicted octanol–water partition coefficient (Wildman–Crippen LogP) is 3.47. The number of rotatable bonds is 5. The maximum atomic E-state index is 12.7. The van der Waals surface area contributed by atoms with Crippen LogP contribution in [0.2, 0.25) is 5.02 Å². The van der Waals surface area contributed by atoms with Gasteiger partial charge in [0, 0.05) is 17.3 Å². The van der Waals surface area contributed by atoms with Crippen molar-refractivity contribution in [3.8, 4) is 0 Å². The van der Waals surface area contributed by atoms with Crippen molar-refractivity contribution < 1.29 is 14.2 Å². The van der Waals surface area contributed by atoms with Crippen LogP contribution in [0.1, 0.15) is 40.0 Å². The average molecular weight is 427 g/mol. The predicted molar refractivity (Wildman–Crippen MR) is 111 cm³/mol. The third-order valence-electron chi connectivity index (χ3n) is 5.20. The van der Waals surface area contributed by atoms with Crippen LogP contribution in [0.4, 0.5) is 0 Å². The van der Waals surface area contributed by atoms with Gasteiger partial charge in [0.05, 0.1) is 25.3 Å². The van der Waals surface area contributed by atoms with Gasteiger partial charge in [0.25, 0.3) is 0 Å². The number of nitrogens with zero attached hydrogens (tertiary/aromatic N) is 4. The van der Waals surface area contributed by atoms with Crippen LogP contribution in [-0.4, -0.2) is 45.8 Å². The van der Waals surface area contributed by atoms with Crippen LogP contribution in [-0.2, 0) is 22.4 Å². The minimum atomic E-state index is -0.274. The Morgan fingerprint density at radius 2 is 2.07 bits per heavy atom. The van der Waals surface area contributed by atoms with Crippen molar-refractivity contribution in [1.29, 1.82) is 0 Å². The molecule has 0 aliphatic carbocycles. The van der Waals surface area contributed by atoms with E-state index in [1.165, 1.54) is 0 Å². The van der Waals surface area contributed by atoms with Gasteiger partial charge in [0.1, 0.15) is 17.5 Å². The Balaban J connectivity index is 1.49. The van der Waals surface area contributed by atoms with Gasteiger partial charge >= 0.3 is 0 Å². The van der Waals surface area contributed by atoms with Crippen LogP contribution in [0, 0.1) is 13.8 Å². The van der Waals surface area contributed by atoms with Gasteiger partial charge in [0.2, 0.25) is 5.91 Å². The first-order valence-electron chi connectivity index (χ1n) is 9.88. The molecular weight excluding hydrogens is 404 g/mol. The number of morpholine rings is 1. The van der Waals surface area contributed by atoms with Crippen molar-refractivity contribution >= 4 is 17.5 Å². The van der Waals surface area contributed by atoms with Crippen LogP contribution >= 0.6 is 11.6 Å². The normalized spacial score (nSPS) is 16.6. The second-order valence-corrected chi connectivity index (χ2v) is 7.89. The molecule has 7 nitrogen and oxygen atoms in total. The highest BCUT2D eigenvalue weighted by Crippen LogP contribution is 2.25. The number of hydrogen-bond acceptors (Lipinski definition) is 6. The molecule has 2 aromatic heterocycles. The molecule has 8 heteroatoms. The second-order valence-electron chi connectivity index (χ2n) is 7.48. The number of hydrogen-bond donors (Lipinski definition) is 0. The lowest BCUT2D eigenvalue weighted by Crippen LogP contribution is -2.43. The van der Waals surface area contributed by atoms with Crippen LogP contribution in [0.5, 0.6) is 0 Å². The van der Waals surface area contributed by atoms with E-state index in [2.05, 4.69) is 21.4 Å². The molecule has 1 aliphatic heterocycles. The molecule has 1 fully saturated rings. The number of aryl methyl sites for hydroxylation is 2. The molecule has 1 aromatic carbocycles. The molecule has 0 saturated carbocycles. The molecule has 0 N–H and O–H groups in total. The van der Waals surface area contributed by atoms with Gasteiger partial charge in [-0.1, -0.05) is 40.1 Å². The SMILES string of the molecule is Cc1cc(Cc2ccccc2Cl)cc([C@@H]2CN(C(=O)Cc3nonc3C)CCO2)n1. The number of ether oxygens (including phenoxy) is 1. The molecule has 1 saturated heterocycles. The molecule has 4 rings (SSSR count). The first-order valence-corrected chi connectivity index (χ1v) is 10.3. The summed E-state index contributed by atoms with van der Waals surface area (Å²) in [5.41, 5.74) is 5.12. The first kappa shape index (κ1) is 20.5. The second kappa shape index (κ2) is 8.93. The van der Waals surface area contributed by atoms with E-state index in [9.17, 15) is 4.79 Å². The highest BCUT2D eigenvalue weighted by atomic mass is 35.5. The molecule has 0 unspecified atom stereocenters. The van der Waals surface area contributed by atoms with E-state index in [-0.39, 0.29) is 18.4 Å². The van der Waals surface area contributed by atoms with Gasteiger partial charge in [-0.15, -0.1) is 0 Å². The van der Waals surface area contributed by atoms with E-state index in [0.29, 0.717) is 37.5 Å². The molecule has 1 atom stereocenters. The van der Waals surface area contributed by atoms with Crippen molar-refractivity contribution in [3.05, 3.63) is 75.3 Å². The summed E-state index contributed by atoms with van der Waals surface area (Å²) in [6, 6.07) is 11.9. The summed E-state index contributed by atoms with van der Waals surface area (Å²) >= 11 is 6.33. The monoisotopic (exact) mass is 426 g/mol. The van der Waals surface area contributed by atoms with E-state index in [1.54, 1.807) is 11.8 Å². The summed E-state index contributed by atoms with van der Waals surface area (Å²) in [6.45, 7) is 5.19. The quantitative estimate of drug-likeness (QED) is 0.621. The molecule has 1 aliphatic rings. The number of amides is 1. The smallest absolute Gasteiger partial charge is 0.228 e. The number of carbonyl (C=O) groups is 1. The number of carbonyl (C=O) groups excluding carboxylic acids is 1. The van der Waals surface area contributed by atoms with Gasteiger partial charge in [-0.2, -0.15) is 0 Å². The van der Waals surface area contributed by atoms with E-state index >= 15 is 0 Å². The van der Waals surface area contributed by atoms with Gasteiger partial charge in [0.15, 0.2) is 0 Å². The minimum Gasteiger partial charge on any atom is -0.368 e. The van der Waals surface area contributed by atoms with Crippen molar-refractivity contribution in [3.63, 3.8) is 0 Å². The third kappa shape index (κ3) is 4.68. The molecule has 0 radical (unpaired) electrons. The highest BCUT2D eigenvalue weighted by Gasteiger charge is 2.27. The fraction of sp³-hybridized carbons (Fsp3) is 0.364. The zero-order valence-electron chi connectivity index (χ0n) is 17.0. The van der Waals surface area contributed by atoms with E-state index < -0.39 is 0 Å². The topological polar surface area (TPSA) is 81.4 Å². The maximum absolute atomic E-state index is 12.7. The standard InChI is InChI=1S/C22H23ClN4O3/c1-14-9-16(10-17-5-3-4-6-18(17)23)11-20(24-14)21-13-27(7-8-29-21)22(28)12-19-15(2)25-30-26-19/h3-6,9,11,21H,7-8,10,12-13H2,1-2H3/t21-/m0/s1. The fourth-order valence-corrected chi connectivity index (χ4v) is 3.82. The number of benzene rings is 1. The third-order valence-corrected chi connectivity index (χ3v) is 5.57. The van der Waals surface area contributed by atoms with Crippen molar-refractivity contribution in [2.45, 2.75) is 32.8 Å². The molecule has 3 heterocycles. The summed E-state index contributed by atoms with van der Waals surface area (Å²) in [5.74, 6) is -0.0222. The lowest BCUT2D eigenvalue weighted by atomic mass is 10.0. The molecule has 0 bridgehead atoms. The molecule has 156 valence electrons. The summed E-state index contributed by atoms with van der Waals surface area (Å²) in [5, 5.41) is 8.29. The Hall–Kier alpha value is -2.77. The summed E-state index contributed by atoms with van der Waals surface area (Å²) in [6.07, 6.45) is 0.606. The Kier molecular flexibility index (Phi) is 6.11. The van der Waals surface area contributed by atoms with E-state index in [0.717, 1.165) is 27.5 Å². The largest absolute Gasteiger partial charge is 0.368 e. The number of pyridine rings is 1. The van der Waals surface area contributed by atoms with Crippen LogP contribution in [0.25, 0.3) is 0 Å². The van der Waals surface area contributed by atoms with Crippen molar-refractivity contribution in [1.82, 2.24) is 20.2 Å². The Bertz CT molecular complexity index is 1050. The fourth-order valence-electron chi connectivity index (χ4n) is 3.62. The Labute approximate surface area is 180 Å². The summed E-state index contributed by atoms with van der Waals surface area (Å²) in [4.78, 5) is 19.2. The molecule has 30 heavy (non-hydrogen) atoms. The maximum Gasteiger partial charge on any atom is 0.228 e. The molecule has 1 amide bonds. The van der Waals surface area contributed by atoms with Crippen LogP contribution in [0.3, 0.4) is 0 Å². The summed E-state index contributed by atoms with van der Waals surface area (Å²) in [7, 11) is 0. The van der Waals surface area contributed by atoms with Crippen LogP contribution < -0.4 is 0 Å². The average Bonchev–Trinajstić information content (AvgIpc) is 3.14. The number of halogens is 1. The summed E-state index contributed by atoms with van der Waals surface area (Å²) < 4.78 is 10.7. The van der Waals surface area contributed by atoms with Gasteiger partial charge in [-0.25, -0.2) is 4.63 Å². The highest BCUT2D eigenvalue weighted by molar-refractivity contribution is 6.31. The minimum absolute atomic E-state index is 0.0222. The van der Waals surface area contributed by atoms with Gasteiger partial charge < -0.3 is 9.64 Å². The van der Waals surface area contributed by atoms with Gasteiger partial charge in [-0.05, 0) is 49.6 Å². The molecule has 0 spiro atoms. The Morgan fingerprint density at radius 1 is 1.23 bits per heavy atom. The van der Waals surface area contributed by atoms with E-state index in [1.807, 2.05) is 37.3 Å². The van der Waals surface area contributed by atoms with Crippen molar-refractivity contribution in [2.24, 2.45) is 0 Å². The lowest BCUT2D eigenvalue weighted by Gasteiger charge is -2.33. The van der Waals surface area contributed by atoms with Crippen LogP contribution in [0.15, 0.2) is 41.0 Å². The zero-order chi connectivity index (χ0) is 21.1. The molecule has 3 aromatic rings. The molecular formula is C22H23ClN4O3. The zero-order valence-corrected chi connectivity index (χ0v) is 17.7. The Morgan fingerprint density at radius 3 is 2.83 bits per heavy atom.